The van der Waals surface area contributed by atoms with E-state index in [2.05, 4.69) is 15.8 Å². The van der Waals surface area contributed by atoms with E-state index < -0.39 is 11.8 Å². The first-order valence-corrected chi connectivity index (χ1v) is 11.2. The molecule has 0 saturated heterocycles. The lowest BCUT2D eigenvalue weighted by atomic mass is 10.1. The summed E-state index contributed by atoms with van der Waals surface area (Å²) in [6.07, 6.45) is 3.10. The van der Waals surface area contributed by atoms with E-state index in [4.69, 9.17) is 9.47 Å². The van der Waals surface area contributed by atoms with Crippen molar-refractivity contribution in [3.63, 3.8) is 0 Å². The minimum absolute atomic E-state index is 0.0589. The summed E-state index contributed by atoms with van der Waals surface area (Å²) in [7, 11) is 3.10. The van der Waals surface area contributed by atoms with Crippen molar-refractivity contribution in [1.29, 1.82) is 0 Å². The largest absolute Gasteiger partial charge is 0.493 e. The van der Waals surface area contributed by atoms with E-state index in [1.54, 1.807) is 62.8 Å². The highest BCUT2D eigenvalue weighted by molar-refractivity contribution is 6.05. The van der Waals surface area contributed by atoms with Gasteiger partial charge in [-0.15, -0.1) is 0 Å². The summed E-state index contributed by atoms with van der Waals surface area (Å²) in [5, 5.41) is 8.86. The van der Waals surface area contributed by atoms with Crippen molar-refractivity contribution in [1.82, 2.24) is 10.7 Å². The number of ether oxygens (including phenoxy) is 2. The summed E-state index contributed by atoms with van der Waals surface area (Å²) in [5.74, 6) is 0.161. The van der Waals surface area contributed by atoms with Crippen LogP contribution >= 0.6 is 0 Å². The van der Waals surface area contributed by atoms with Gasteiger partial charge in [0.2, 0.25) is 0 Å². The number of rotatable bonds is 8. The lowest BCUT2D eigenvalue weighted by Gasteiger charge is -2.10. The standard InChI is InChI=1S/C29H25N3O4/c1-35-26-15-13-21(18-27(26)36-2)19-30-32-29(34)25(31-28(33)23-9-4-3-5-10-23)17-20-12-14-22-8-6-7-11-24(22)16-20/h3-19H,1-2H3,(H,31,33)(H,32,34). The van der Waals surface area contributed by atoms with E-state index >= 15 is 0 Å². The van der Waals surface area contributed by atoms with Crippen molar-refractivity contribution in [2.75, 3.05) is 14.2 Å². The van der Waals surface area contributed by atoms with Crippen molar-refractivity contribution in [2.24, 2.45) is 5.10 Å². The van der Waals surface area contributed by atoms with Crippen molar-refractivity contribution in [3.05, 3.63) is 113 Å². The molecule has 180 valence electrons. The van der Waals surface area contributed by atoms with Crippen LogP contribution in [-0.4, -0.2) is 32.2 Å². The van der Waals surface area contributed by atoms with Crippen molar-refractivity contribution in [3.8, 4) is 11.5 Å². The molecule has 0 radical (unpaired) electrons. The second-order valence-corrected chi connectivity index (χ2v) is 7.80. The summed E-state index contributed by atoms with van der Waals surface area (Å²) in [6.45, 7) is 0. The number of nitrogens with zero attached hydrogens (tertiary/aromatic N) is 1. The van der Waals surface area contributed by atoms with Crippen molar-refractivity contribution in [2.45, 2.75) is 0 Å². The molecule has 0 aliphatic heterocycles. The van der Waals surface area contributed by atoms with Gasteiger partial charge in [0.15, 0.2) is 11.5 Å². The summed E-state index contributed by atoms with van der Waals surface area (Å²) < 4.78 is 10.5. The van der Waals surface area contributed by atoms with E-state index in [1.807, 2.05) is 48.5 Å². The van der Waals surface area contributed by atoms with Crippen LogP contribution in [0.3, 0.4) is 0 Å². The van der Waals surface area contributed by atoms with Crippen LogP contribution in [-0.2, 0) is 4.79 Å². The zero-order valence-electron chi connectivity index (χ0n) is 19.9. The van der Waals surface area contributed by atoms with Crippen LogP contribution in [0, 0.1) is 0 Å². The molecule has 4 aromatic carbocycles. The van der Waals surface area contributed by atoms with Gasteiger partial charge < -0.3 is 14.8 Å². The molecular formula is C29H25N3O4. The predicted molar refractivity (Wildman–Crippen MR) is 141 cm³/mol. The fourth-order valence-corrected chi connectivity index (χ4v) is 3.57. The van der Waals surface area contributed by atoms with Crippen LogP contribution in [0.15, 0.2) is 102 Å². The molecule has 0 aliphatic carbocycles. The van der Waals surface area contributed by atoms with E-state index in [9.17, 15) is 9.59 Å². The van der Waals surface area contributed by atoms with Crippen LogP contribution in [0.1, 0.15) is 21.5 Å². The minimum atomic E-state index is -0.566. The number of amides is 2. The third-order valence-electron chi connectivity index (χ3n) is 5.40. The molecule has 7 nitrogen and oxygen atoms in total. The van der Waals surface area contributed by atoms with Crippen molar-refractivity contribution >= 4 is 34.9 Å². The molecule has 0 spiro atoms. The molecule has 4 rings (SSSR count). The van der Waals surface area contributed by atoms with Crippen LogP contribution in [0.25, 0.3) is 16.8 Å². The molecule has 7 heteroatoms. The molecule has 0 aliphatic rings. The first kappa shape index (κ1) is 24.2. The molecule has 2 amide bonds. The Labute approximate surface area is 209 Å². The normalized spacial score (nSPS) is 11.3. The second-order valence-electron chi connectivity index (χ2n) is 7.80. The molecular weight excluding hydrogens is 454 g/mol. The Morgan fingerprint density at radius 1 is 0.750 bits per heavy atom. The number of methoxy groups -OCH3 is 2. The molecule has 4 aromatic rings. The summed E-state index contributed by atoms with van der Waals surface area (Å²) in [4.78, 5) is 25.8. The number of hydrogen-bond acceptors (Lipinski definition) is 5. The smallest absolute Gasteiger partial charge is 0.287 e. The molecule has 0 bridgehead atoms. The Bertz CT molecular complexity index is 1450. The average molecular weight is 480 g/mol. The molecule has 0 atom stereocenters. The average Bonchev–Trinajstić information content (AvgIpc) is 2.92. The van der Waals surface area contributed by atoms with Crippen LogP contribution < -0.4 is 20.2 Å². The van der Waals surface area contributed by atoms with E-state index in [0.717, 1.165) is 16.3 Å². The van der Waals surface area contributed by atoms with Crippen LogP contribution in [0.2, 0.25) is 0 Å². The van der Waals surface area contributed by atoms with Crippen molar-refractivity contribution < 1.29 is 19.1 Å². The highest BCUT2D eigenvalue weighted by atomic mass is 16.5. The van der Waals surface area contributed by atoms with E-state index in [0.29, 0.717) is 22.6 Å². The summed E-state index contributed by atoms with van der Waals surface area (Å²) in [5.41, 5.74) is 4.44. The van der Waals surface area contributed by atoms with Crippen LogP contribution in [0.4, 0.5) is 0 Å². The third kappa shape index (κ3) is 5.95. The molecule has 36 heavy (non-hydrogen) atoms. The van der Waals surface area contributed by atoms with Gasteiger partial charge in [0, 0.05) is 5.56 Å². The Balaban J connectivity index is 1.58. The number of nitrogens with one attached hydrogen (secondary N) is 2. The zero-order chi connectivity index (χ0) is 25.3. The van der Waals surface area contributed by atoms with Gasteiger partial charge >= 0.3 is 0 Å². The number of fused-ring (bicyclic) bond motifs is 1. The number of carbonyl (C=O) groups excluding carboxylic acids is 2. The molecule has 2 N–H and O–H groups in total. The van der Waals surface area contributed by atoms with Gasteiger partial charge in [0.25, 0.3) is 11.8 Å². The van der Waals surface area contributed by atoms with Gasteiger partial charge in [0.1, 0.15) is 5.70 Å². The van der Waals surface area contributed by atoms with Gasteiger partial charge in [-0.2, -0.15) is 5.10 Å². The first-order valence-electron chi connectivity index (χ1n) is 11.2. The summed E-state index contributed by atoms with van der Waals surface area (Å²) in [6, 6.07) is 27.7. The Morgan fingerprint density at radius 2 is 1.44 bits per heavy atom. The maximum Gasteiger partial charge on any atom is 0.287 e. The van der Waals surface area contributed by atoms with Gasteiger partial charge in [-0.1, -0.05) is 54.6 Å². The lowest BCUT2D eigenvalue weighted by molar-refractivity contribution is -0.117. The van der Waals surface area contributed by atoms with Crippen LogP contribution in [0.5, 0.6) is 11.5 Å². The number of hydrogen-bond donors (Lipinski definition) is 2. The SMILES string of the molecule is COc1ccc(C=NNC(=O)C(=Cc2ccc3ccccc3c2)NC(=O)c2ccccc2)cc1OC. The quantitative estimate of drug-likeness (QED) is 0.216. The Morgan fingerprint density at radius 3 is 2.19 bits per heavy atom. The molecule has 0 heterocycles. The zero-order valence-corrected chi connectivity index (χ0v) is 19.9. The maximum atomic E-state index is 13.0. The fourth-order valence-electron chi connectivity index (χ4n) is 3.57. The number of carbonyl (C=O) groups is 2. The predicted octanol–water partition coefficient (Wildman–Crippen LogP) is 4.78. The Kier molecular flexibility index (Phi) is 7.73. The monoisotopic (exact) mass is 479 g/mol. The van der Waals surface area contributed by atoms with Gasteiger partial charge in [-0.05, 0) is 64.4 Å². The fraction of sp³-hybridized carbons (Fsp3) is 0.0690. The van der Waals surface area contributed by atoms with E-state index in [-0.39, 0.29) is 5.70 Å². The first-order chi connectivity index (χ1) is 17.6. The molecule has 0 aromatic heterocycles. The lowest BCUT2D eigenvalue weighted by Crippen LogP contribution is -2.32. The maximum absolute atomic E-state index is 13.0. The van der Waals surface area contributed by atoms with E-state index in [1.165, 1.54) is 6.21 Å². The molecule has 0 saturated carbocycles. The highest BCUT2D eigenvalue weighted by Gasteiger charge is 2.14. The molecule has 0 unspecified atom stereocenters. The van der Waals surface area contributed by atoms with Gasteiger partial charge in [-0.25, -0.2) is 5.43 Å². The Hall–Kier alpha value is -4.91. The second kappa shape index (κ2) is 11.5. The summed E-state index contributed by atoms with van der Waals surface area (Å²) >= 11 is 0. The highest BCUT2D eigenvalue weighted by Crippen LogP contribution is 2.26. The third-order valence-corrected chi connectivity index (χ3v) is 5.40. The van der Waals surface area contributed by atoms with Gasteiger partial charge in [0.05, 0.1) is 20.4 Å². The number of hydrazone groups is 1. The number of benzene rings is 4. The minimum Gasteiger partial charge on any atom is -0.493 e. The molecule has 0 fully saturated rings. The topological polar surface area (TPSA) is 89.0 Å². The van der Waals surface area contributed by atoms with Gasteiger partial charge in [-0.3, -0.25) is 9.59 Å².